The van der Waals surface area contributed by atoms with E-state index in [1.54, 1.807) is 0 Å². The fraction of sp³-hybridized carbons (Fsp3) is 0.278. The number of hydrogen-bond donors (Lipinski definition) is 1. The van der Waals surface area contributed by atoms with Crippen LogP contribution >= 0.6 is 0 Å². The Morgan fingerprint density at radius 2 is 1.76 bits per heavy atom. The molecule has 0 radical (unpaired) electrons. The van der Waals surface area contributed by atoms with Crippen LogP contribution < -0.4 is 5.32 Å². The van der Waals surface area contributed by atoms with Gasteiger partial charge < -0.3 is 5.32 Å². The smallest absolute Gasteiger partial charge is 0.100 e. The van der Waals surface area contributed by atoms with Crippen LogP contribution in [0.15, 0.2) is 42.7 Å². The van der Waals surface area contributed by atoms with Gasteiger partial charge in [-0.05, 0) is 61.3 Å². The van der Waals surface area contributed by atoms with Crippen molar-refractivity contribution in [2.24, 2.45) is 0 Å². The highest BCUT2D eigenvalue weighted by Gasteiger charge is 2.06. The van der Waals surface area contributed by atoms with Gasteiger partial charge in [-0.3, -0.25) is 4.57 Å². The van der Waals surface area contributed by atoms with Gasteiger partial charge in [0.25, 0.3) is 0 Å². The Balaban J connectivity index is 1.98. The van der Waals surface area contributed by atoms with Crippen molar-refractivity contribution in [2.75, 3.05) is 6.54 Å². The SMILES string of the molecule is CCNCc1ccc(-n2cnc3cc(C)c(C)cc32)cc1. The molecule has 1 aromatic heterocycles. The molecule has 0 aliphatic carbocycles. The van der Waals surface area contributed by atoms with E-state index in [1.807, 2.05) is 6.33 Å². The molecule has 1 heterocycles. The van der Waals surface area contributed by atoms with Crippen molar-refractivity contribution in [2.45, 2.75) is 27.3 Å². The van der Waals surface area contributed by atoms with E-state index in [2.05, 4.69) is 72.0 Å². The average Bonchev–Trinajstić information content (AvgIpc) is 2.89. The van der Waals surface area contributed by atoms with Crippen molar-refractivity contribution in [1.29, 1.82) is 0 Å². The number of benzene rings is 2. The molecular weight excluding hydrogens is 258 g/mol. The quantitative estimate of drug-likeness (QED) is 0.788. The molecule has 0 amide bonds. The van der Waals surface area contributed by atoms with Crippen LogP contribution in [0, 0.1) is 13.8 Å². The third-order valence-corrected chi connectivity index (χ3v) is 3.96. The summed E-state index contributed by atoms with van der Waals surface area (Å²) >= 11 is 0. The fourth-order valence-electron chi connectivity index (χ4n) is 2.51. The lowest BCUT2D eigenvalue weighted by atomic mass is 10.1. The summed E-state index contributed by atoms with van der Waals surface area (Å²) in [7, 11) is 0. The Bertz CT molecular complexity index is 754. The maximum atomic E-state index is 4.52. The largest absolute Gasteiger partial charge is 0.313 e. The molecule has 0 atom stereocenters. The van der Waals surface area contributed by atoms with Gasteiger partial charge in [-0.15, -0.1) is 0 Å². The Kier molecular flexibility index (Phi) is 3.76. The van der Waals surface area contributed by atoms with Crippen molar-refractivity contribution in [3.63, 3.8) is 0 Å². The van der Waals surface area contributed by atoms with E-state index in [4.69, 9.17) is 0 Å². The molecule has 2 aromatic carbocycles. The first-order chi connectivity index (χ1) is 10.2. The highest BCUT2D eigenvalue weighted by atomic mass is 15.0. The molecule has 0 saturated carbocycles. The Morgan fingerprint density at radius 3 is 2.48 bits per heavy atom. The van der Waals surface area contributed by atoms with Crippen molar-refractivity contribution >= 4 is 11.0 Å². The third kappa shape index (κ3) is 2.69. The summed E-state index contributed by atoms with van der Waals surface area (Å²) in [6.07, 6.45) is 1.91. The van der Waals surface area contributed by atoms with Crippen molar-refractivity contribution in [3.8, 4) is 5.69 Å². The number of rotatable bonds is 4. The first kappa shape index (κ1) is 13.8. The van der Waals surface area contributed by atoms with E-state index >= 15 is 0 Å². The van der Waals surface area contributed by atoms with Crippen LogP contribution in [0.25, 0.3) is 16.7 Å². The van der Waals surface area contributed by atoms with Gasteiger partial charge in [0.2, 0.25) is 0 Å². The number of fused-ring (bicyclic) bond motifs is 1. The third-order valence-electron chi connectivity index (χ3n) is 3.96. The van der Waals surface area contributed by atoms with Gasteiger partial charge in [-0.1, -0.05) is 19.1 Å². The molecule has 3 nitrogen and oxygen atoms in total. The van der Waals surface area contributed by atoms with E-state index in [0.717, 1.165) is 29.8 Å². The number of nitrogens with zero attached hydrogens (tertiary/aromatic N) is 2. The highest BCUT2D eigenvalue weighted by molar-refractivity contribution is 5.79. The van der Waals surface area contributed by atoms with E-state index in [9.17, 15) is 0 Å². The molecule has 1 N–H and O–H groups in total. The van der Waals surface area contributed by atoms with Crippen LogP contribution in [0.4, 0.5) is 0 Å². The molecule has 0 aliphatic rings. The molecule has 0 saturated heterocycles. The summed E-state index contributed by atoms with van der Waals surface area (Å²) in [5.74, 6) is 0. The molecular formula is C18H21N3. The van der Waals surface area contributed by atoms with Crippen molar-refractivity contribution in [1.82, 2.24) is 14.9 Å². The van der Waals surface area contributed by atoms with E-state index in [1.165, 1.54) is 16.7 Å². The lowest BCUT2D eigenvalue weighted by Crippen LogP contribution is -2.11. The Hall–Kier alpha value is -2.13. The molecule has 0 bridgehead atoms. The second-order valence-electron chi connectivity index (χ2n) is 5.49. The summed E-state index contributed by atoms with van der Waals surface area (Å²) in [6, 6.07) is 13.0. The fourth-order valence-corrected chi connectivity index (χ4v) is 2.51. The maximum absolute atomic E-state index is 4.52. The van der Waals surface area contributed by atoms with Crippen LogP contribution in [0.5, 0.6) is 0 Å². The van der Waals surface area contributed by atoms with E-state index in [0.29, 0.717) is 0 Å². The average molecular weight is 279 g/mol. The monoisotopic (exact) mass is 279 g/mol. The predicted octanol–water partition coefficient (Wildman–Crippen LogP) is 3.75. The molecule has 0 fully saturated rings. The standard InChI is InChI=1S/C18H21N3/c1-4-19-11-15-5-7-16(8-6-15)21-12-20-17-9-13(2)14(3)10-18(17)21/h5-10,12,19H,4,11H2,1-3H3. The number of imidazole rings is 1. The van der Waals surface area contributed by atoms with Gasteiger partial charge in [0.05, 0.1) is 11.0 Å². The van der Waals surface area contributed by atoms with E-state index < -0.39 is 0 Å². The number of hydrogen-bond acceptors (Lipinski definition) is 2. The summed E-state index contributed by atoms with van der Waals surface area (Å²) in [5, 5.41) is 3.34. The normalized spacial score (nSPS) is 11.2. The number of nitrogens with one attached hydrogen (secondary N) is 1. The highest BCUT2D eigenvalue weighted by Crippen LogP contribution is 2.22. The second-order valence-corrected chi connectivity index (χ2v) is 5.49. The zero-order valence-electron chi connectivity index (χ0n) is 12.9. The number of aromatic nitrogens is 2. The minimum atomic E-state index is 0.916. The summed E-state index contributed by atoms with van der Waals surface area (Å²) < 4.78 is 2.15. The maximum Gasteiger partial charge on any atom is 0.100 e. The van der Waals surface area contributed by atoms with Gasteiger partial charge in [-0.25, -0.2) is 4.98 Å². The molecule has 3 aromatic rings. The van der Waals surface area contributed by atoms with Gasteiger partial charge in [-0.2, -0.15) is 0 Å². The van der Waals surface area contributed by atoms with Crippen LogP contribution in [-0.2, 0) is 6.54 Å². The minimum Gasteiger partial charge on any atom is -0.313 e. The first-order valence-corrected chi connectivity index (χ1v) is 7.43. The van der Waals surface area contributed by atoms with Crippen LogP contribution in [-0.4, -0.2) is 16.1 Å². The van der Waals surface area contributed by atoms with Crippen LogP contribution in [0.3, 0.4) is 0 Å². The lowest BCUT2D eigenvalue weighted by molar-refractivity contribution is 0.726. The number of aryl methyl sites for hydroxylation is 2. The van der Waals surface area contributed by atoms with Gasteiger partial charge in [0.1, 0.15) is 6.33 Å². The second kappa shape index (κ2) is 5.70. The first-order valence-electron chi connectivity index (χ1n) is 7.43. The molecule has 0 aliphatic heterocycles. The summed E-state index contributed by atoms with van der Waals surface area (Å²) in [5.41, 5.74) is 7.26. The topological polar surface area (TPSA) is 29.9 Å². The van der Waals surface area contributed by atoms with Gasteiger partial charge in [0, 0.05) is 12.2 Å². The zero-order valence-corrected chi connectivity index (χ0v) is 12.9. The van der Waals surface area contributed by atoms with Crippen molar-refractivity contribution in [3.05, 3.63) is 59.4 Å². The molecule has 21 heavy (non-hydrogen) atoms. The Labute approximate surface area is 125 Å². The molecule has 108 valence electrons. The molecule has 0 unspecified atom stereocenters. The van der Waals surface area contributed by atoms with Crippen LogP contribution in [0.1, 0.15) is 23.6 Å². The Morgan fingerprint density at radius 1 is 1.05 bits per heavy atom. The van der Waals surface area contributed by atoms with Crippen LogP contribution in [0.2, 0.25) is 0 Å². The minimum absolute atomic E-state index is 0.916. The molecule has 3 rings (SSSR count). The lowest BCUT2D eigenvalue weighted by Gasteiger charge is -2.08. The van der Waals surface area contributed by atoms with Crippen molar-refractivity contribution < 1.29 is 0 Å². The summed E-state index contributed by atoms with van der Waals surface area (Å²) in [6.45, 7) is 8.30. The van der Waals surface area contributed by atoms with E-state index in [-0.39, 0.29) is 0 Å². The van der Waals surface area contributed by atoms with Gasteiger partial charge in [0.15, 0.2) is 0 Å². The molecule has 0 spiro atoms. The van der Waals surface area contributed by atoms with Gasteiger partial charge >= 0.3 is 0 Å². The summed E-state index contributed by atoms with van der Waals surface area (Å²) in [4.78, 5) is 4.52. The molecule has 3 heteroatoms. The predicted molar refractivity (Wildman–Crippen MR) is 87.9 cm³/mol. The zero-order chi connectivity index (χ0) is 14.8.